The average Bonchev–Trinajstić information content (AvgIpc) is 3.10. The zero-order valence-electron chi connectivity index (χ0n) is 17.1. The molecule has 1 N–H and O–H groups in total. The zero-order chi connectivity index (χ0) is 19.9. The van der Waals surface area contributed by atoms with Crippen LogP contribution in [0.15, 0.2) is 30.3 Å². The highest BCUT2D eigenvalue weighted by Crippen LogP contribution is 2.45. The van der Waals surface area contributed by atoms with E-state index in [1.54, 1.807) is 0 Å². The fourth-order valence-electron chi connectivity index (χ4n) is 3.05. The van der Waals surface area contributed by atoms with Gasteiger partial charge in [-0.2, -0.15) is 0 Å². The lowest BCUT2D eigenvalue weighted by Crippen LogP contribution is -2.45. The molecule has 2 heterocycles. The summed E-state index contributed by atoms with van der Waals surface area (Å²) in [5.74, 6) is -1.35. The highest BCUT2D eigenvalue weighted by atomic mass is 28.4. The van der Waals surface area contributed by atoms with E-state index in [2.05, 4.69) is 33.9 Å². The van der Waals surface area contributed by atoms with Crippen molar-refractivity contribution in [3.05, 3.63) is 35.9 Å². The van der Waals surface area contributed by atoms with Gasteiger partial charge < -0.3 is 23.7 Å². The molecule has 6 nitrogen and oxygen atoms in total. The summed E-state index contributed by atoms with van der Waals surface area (Å²) in [6.45, 7) is 13.5. The van der Waals surface area contributed by atoms with Gasteiger partial charge in [0.1, 0.15) is 18.3 Å². The van der Waals surface area contributed by atoms with Crippen molar-refractivity contribution in [2.24, 2.45) is 0 Å². The van der Waals surface area contributed by atoms with Crippen molar-refractivity contribution in [2.75, 3.05) is 13.2 Å². The fraction of sp³-hybridized carbons (Fsp3) is 0.700. The Morgan fingerprint density at radius 3 is 2.37 bits per heavy atom. The second-order valence-electron chi connectivity index (χ2n) is 8.66. The van der Waals surface area contributed by atoms with E-state index in [-0.39, 0.29) is 5.04 Å². The van der Waals surface area contributed by atoms with Crippen LogP contribution in [-0.2, 0) is 29.3 Å². The van der Waals surface area contributed by atoms with Crippen LogP contribution < -0.4 is 0 Å². The first-order valence-electron chi connectivity index (χ1n) is 9.62. The van der Waals surface area contributed by atoms with Crippen LogP contribution in [0.5, 0.6) is 0 Å². The van der Waals surface area contributed by atoms with E-state index in [0.717, 1.165) is 5.56 Å². The van der Waals surface area contributed by atoms with E-state index >= 15 is 0 Å². The van der Waals surface area contributed by atoms with E-state index in [9.17, 15) is 5.11 Å². The Hall–Kier alpha value is -0.803. The molecule has 1 unspecified atom stereocenters. The van der Waals surface area contributed by atoms with Crippen LogP contribution in [-0.4, -0.2) is 51.2 Å². The molecule has 0 spiro atoms. The van der Waals surface area contributed by atoms with Crippen LogP contribution in [0.3, 0.4) is 0 Å². The standard InChI is InChI=1S/C20H32O6Si/c1-7-22-20(14-11-9-8-10-12-14)25-17-16(21)15(24-18(17)26-20)13-23-27(5,6)19(2,3)4/h8-12,15-18,21H,7,13H2,1-6H3/t15-,16-,17-,18-,20?/m1/s1. The second-order valence-corrected chi connectivity index (χ2v) is 13.5. The van der Waals surface area contributed by atoms with Gasteiger partial charge in [0, 0.05) is 12.2 Å². The first kappa shape index (κ1) is 20.9. The topological polar surface area (TPSA) is 66.4 Å². The van der Waals surface area contributed by atoms with E-state index in [4.69, 9.17) is 23.4 Å². The van der Waals surface area contributed by atoms with Gasteiger partial charge in [-0.15, -0.1) is 0 Å². The van der Waals surface area contributed by atoms with Crippen LogP contribution in [0.1, 0.15) is 33.3 Å². The quantitative estimate of drug-likeness (QED) is 0.744. The van der Waals surface area contributed by atoms with Crippen LogP contribution in [0.2, 0.25) is 18.1 Å². The van der Waals surface area contributed by atoms with Crippen molar-refractivity contribution < 1.29 is 28.5 Å². The van der Waals surface area contributed by atoms with Gasteiger partial charge in [-0.25, -0.2) is 0 Å². The van der Waals surface area contributed by atoms with Crippen molar-refractivity contribution >= 4 is 8.32 Å². The number of benzene rings is 1. The molecule has 1 aromatic carbocycles. The van der Waals surface area contributed by atoms with Crippen molar-refractivity contribution in [1.82, 2.24) is 0 Å². The van der Waals surface area contributed by atoms with Gasteiger partial charge in [0.05, 0.1) is 6.61 Å². The highest BCUT2D eigenvalue weighted by molar-refractivity contribution is 6.74. The Kier molecular flexibility index (Phi) is 5.85. The first-order chi connectivity index (χ1) is 12.6. The number of hydrogen-bond acceptors (Lipinski definition) is 6. The maximum absolute atomic E-state index is 10.8. The van der Waals surface area contributed by atoms with Crippen LogP contribution in [0.25, 0.3) is 0 Å². The monoisotopic (exact) mass is 396 g/mol. The molecule has 0 aromatic heterocycles. The second kappa shape index (κ2) is 7.55. The maximum Gasteiger partial charge on any atom is 0.314 e. The van der Waals surface area contributed by atoms with Crippen LogP contribution in [0, 0.1) is 0 Å². The third-order valence-electron chi connectivity index (χ3n) is 5.73. The fourth-order valence-corrected chi connectivity index (χ4v) is 4.06. The molecule has 152 valence electrons. The van der Waals surface area contributed by atoms with Crippen molar-refractivity contribution in [3.63, 3.8) is 0 Å². The zero-order valence-corrected chi connectivity index (χ0v) is 18.1. The third kappa shape index (κ3) is 4.00. The van der Waals surface area contributed by atoms with Gasteiger partial charge in [-0.05, 0) is 25.1 Å². The summed E-state index contributed by atoms with van der Waals surface area (Å²) in [5, 5.41) is 10.9. The van der Waals surface area contributed by atoms with Gasteiger partial charge in [-0.3, -0.25) is 4.74 Å². The Bertz CT molecular complexity index is 631. The summed E-state index contributed by atoms with van der Waals surface area (Å²) in [6, 6.07) is 9.45. The molecule has 2 saturated heterocycles. The van der Waals surface area contributed by atoms with Crippen molar-refractivity contribution in [2.45, 2.75) is 76.4 Å². The Morgan fingerprint density at radius 2 is 1.81 bits per heavy atom. The van der Waals surface area contributed by atoms with E-state index < -0.39 is 38.9 Å². The summed E-state index contributed by atoms with van der Waals surface area (Å²) in [5.41, 5.74) is 0.742. The largest absolute Gasteiger partial charge is 0.414 e. The number of aliphatic hydroxyl groups excluding tert-OH is 1. The summed E-state index contributed by atoms with van der Waals surface area (Å²) in [6.07, 6.45) is -2.64. The number of fused-ring (bicyclic) bond motifs is 1. The molecular formula is C20H32O6Si. The minimum atomic E-state index is -1.93. The summed E-state index contributed by atoms with van der Waals surface area (Å²) in [7, 11) is -1.93. The molecule has 5 atom stereocenters. The molecule has 1 aromatic rings. The van der Waals surface area contributed by atoms with Gasteiger partial charge in [0.15, 0.2) is 14.6 Å². The lowest BCUT2D eigenvalue weighted by Gasteiger charge is -2.37. The average molecular weight is 397 g/mol. The lowest BCUT2D eigenvalue weighted by atomic mass is 10.1. The lowest BCUT2D eigenvalue weighted by molar-refractivity contribution is -0.375. The molecule has 0 radical (unpaired) electrons. The Balaban J connectivity index is 1.68. The van der Waals surface area contributed by atoms with Gasteiger partial charge in [0.25, 0.3) is 0 Å². The van der Waals surface area contributed by atoms with Gasteiger partial charge in [0.2, 0.25) is 0 Å². The smallest absolute Gasteiger partial charge is 0.314 e. The van der Waals surface area contributed by atoms with Crippen molar-refractivity contribution in [3.8, 4) is 0 Å². The predicted molar refractivity (Wildman–Crippen MR) is 104 cm³/mol. The summed E-state index contributed by atoms with van der Waals surface area (Å²) < 4.78 is 30.1. The van der Waals surface area contributed by atoms with E-state index in [0.29, 0.717) is 13.2 Å². The normalized spacial score (nSPS) is 34.0. The molecule has 2 fully saturated rings. The predicted octanol–water partition coefficient (Wildman–Crippen LogP) is 3.36. The third-order valence-corrected chi connectivity index (χ3v) is 10.2. The van der Waals surface area contributed by atoms with Crippen LogP contribution in [0.4, 0.5) is 0 Å². The SMILES string of the molecule is CCOC1(c2ccccc2)O[C@H]2O[C@H](CO[Si](C)(C)C(C)(C)C)[C@@H](O)[C@H]2O1. The highest BCUT2D eigenvalue weighted by Gasteiger charge is 2.59. The Labute approximate surface area is 162 Å². The maximum atomic E-state index is 10.8. The van der Waals surface area contributed by atoms with E-state index in [1.807, 2.05) is 37.3 Å². The van der Waals surface area contributed by atoms with E-state index in [1.165, 1.54) is 0 Å². The molecule has 27 heavy (non-hydrogen) atoms. The minimum Gasteiger partial charge on any atom is -0.414 e. The molecule has 0 bridgehead atoms. The summed E-state index contributed by atoms with van der Waals surface area (Å²) in [4.78, 5) is 0. The number of hydrogen-bond donors (Lipinski definition) is 1. The number of ether oxygens (including phenoxy) is 4. The molecular weight excluding hydrogens is 364 g/mol. The van der Waals surface area contributed by atoms with Gasteiger partial charge in [-0.1, -0.05) is 51.1 Å². The first-order valence-corrected chi connectivity index (χ1v) is 12.5. The summed E-state index contributed by atoms with van der Waals surface area (Å²) >= 11 is 0. The minimum absolute atomic E-state index is 0.0941. The number of aliphatic hydroxyl groups is 1. The molecule has 3 rings (SSSR count). The van der Waals surface area contributed by atoms with Crippen LogP contribution >= 0.6 is 0 Å². The molecule has 0 saturated carbocycles. The number of rotatable bonds is 6. The van der Waals surface area contributed by atoms with Crippen molar-refractivity contribution in [1.29, 1.82) is 0 Å². The molecule has 2 aliphatic rings. The molecule has 2 aliphatic heterocycles. The molecule has 0 aliphatic carbocycles. The van der Waals surface area contributed by atoms with Gasteiger partial charge >= 0.3 is 5.97 Å². The molecule has 7 heteroatoms. The Morgan fingerprint density at radius 1 is 1.15 bits per heavy atom. The molecule has 0 amide bonds.